The van der Waals surface area contributed by atoms with E-state index in [1.165, 1.54) is 5.56 Å². The molecule has 0 aliphatic rings. The third kappa shape index (κ3) is 7.36. The number of rotatable bonds is 13. The molecule has 0 bridgehead atoms. The van der Waals surface area contributed by atoms with Crippen LogP contribution in [0.2, 0.25) is 5.02 Å². The van der Waals surface area contributed by atoms with E-state index in [9.17, 15) is 4.79 Å². The maximum absolute atomic E-state index is 12.3. The lowest BCUT2D eigenvalue weighted by Crippen LogP contribution is -2.24. The van der Waals surface area contributed by atoms with Crippen LogP contribution >= 0.6 is 11.6 Å². The van der Waals surface area contributed by atoms with Crippen LogP contribution in [0.4, 0.5) is 0 Å². The molecule has 4 rings (SSSR count). The highest BCUT2D eigenvalue weighted by atomic mass is 35.5. The molecule has 194 valence electrons. The van der Waals surface area contributed by atoms with Gasteiger partial charge in [-0.05, 0) is 73.2 Å². The number of unbranched alkanes of at least 4 members (excludes halogenated alkanes) is 2. The van der Waals surface area contributed by atoms with Crippen molar-refractivity contribution in [1.82, 2.24) is 14.9 Å². The van der Waals surface area contributed by atoms with E-state index >= 15 is 0 Å². The van der Waals surface area contributed by atoms with Gasteiger partial charge >= 0.3 is 0 Å². The zero-order valence-corrected chi connectivity index (χ0v) is 22.5. The summed E-state index contributed by atoms with van der Waals surface area (Å²) in [6, 6.07) is 23.8. The van der Waals surface area contributed by atoms with Crippen LogP contribution in [-0.2, 0) is 13.0 Å². The number of carbonyl (C=O) groups excluding carboxylic acids is 1. The number of para-hydroxylation sites is 2. The number of imidazole rings is 1. The van der Waals surface area contributed by atoms with Gasteiger partial charge in [0.15, 0.2) is 0 Å². The van der Waals surface area contributed by atoms with Gasteiger partial charge in [-0.25, -0.2) is 4.98 Å². The molecular weight excluding hydrogens is 482 g/mol. The molecule has 1 heterocycles. The molecule has 6 heteroatoms. The van der Waals surface area contributed by atoms with E-state index in [-0.39, 0.29) is 5.91 Å². The molecule has 37 heavy (non-hydrogen) atoms. The van der Waals surface area contributed by atoms with Crippen LogP contribution in [0.5, 0.6) is 5.75 Å². The first-order valence-electron chi connectivity index (χ1n) is 13.3. The highest BCUT2D eigenvalue weighted by Crippen LogP contribution is 2.22. The molecule has 0 aliphatic heterocycles. The van der Waals surface area contributed by atoms with E-state index in [0.29, 0.717) is 29.7 Å². The van der Waals surface area contributed by atoms with Crippen molar-refractivity contribution in [1.29, 1.82) is 0 Å². The molecule has 0 saturated carbocycles. The number of nitrogens with zero attached hydrogens (tertiary/aromatic N) is 2. The SMILES string of the molecule is CCC(C)c1ccc(OCCn2c(CCCCCNC(=O)c3cccc(Cl)c3)nc3ccccc32)cc1. The second-order valence-corrected chi connectivity index (χ2v) is 9.91. The van der Waals surface area contributed by atoms with Crippen LogP contribution in [-0.4, -0.2) is 28.6 Å². The fourth-order valence-electron chi connectivity index (χ4n) is 4.47. The molecular formula is C31H36ClN3O2. The minimum atomic E-state index is -0.0844. The molecule has 1 atom stereocenters. The number of aromatic nitrogens is 2. The van der Waals surface area contributed by atoms with Crippen LogP contribution in [0.1, 0.15) is 67.2 Å². The Kier molecular flexibility index (Phi) is 9.61. The van der Waals surface area contributed by atoms with Crippen LogP contribution in [0.15, 0.2) is 72.8 Å². The van der Waals surface area contributed by atoms with Crippen molar-refractivity contribution in [2.45, 2.75) is 58.4 Å². The lowest BCUT2D eigenvalue weighted by atomic mass is 9.99. The summed E-state index contributed by atoms with van der Waals surface area (Å²) in [4.78, 5) is 17.2. The number of hydrogen-bond acceptors (Lipinski definition) is 3. The molecule has 0 aliphatic carbocycles. The number of benzene rings is 3. The summed E-state index contributed by atoms with van der Waals surface area (Å²) < 4.78 is 8.36. The van der Waals surface area contributed by atoms with Crippen LogP contribution < -0.4 is 10.1 Å². The summed E-state index contributed by atoms with van der Waals surface area (Å²) in [5, 5.41) is 3.55. The standard InChI is InChI=1S/C31H36ClN3O2/c1-3-23(2)24-15-17-27(18-16-24)37-21-20-35-29-13-7-6-12-28(29)34-30(35)14-5-4-8-19-33-31(36)25-10-9-11-26(32)22-25/h6-7,9-13,15-18,22-23H,3-5,8,14,19-21H2,1-2H3,(H,33,36). The van der Waals surface area contributed by atoms with Crippen molar-refractivity contribution in [3.63, 3.8) is 0 Å². The normalized spacial score (nSPS) is 12.0. The molecule has 1 amide bonds. The Morgan fingerprint density at radius 2 is 1.84 bits per heavy atom. The number of amides is 1. The Morgan fingerprint density at radius 3 is 2.62 bits per heavy atom. The van der Waals surface area contributed by atoms with Gasteiger partial charge in [0.2, 0.25) is 0 Å². The van der Waals surface area contributed by atoms with Crippen molar-refractivity contribution in [3.05, 3.63) is 94.8 Å². The molecule has 0 radical (unpaired) electrons. The first kappa shape index (κ1) is 26.7. The molecule has 5 nitrogen and oxygen atoms in total. The fourth-order valence-corrected chi connectivity index (χ4v) is 4.66. The molecule has 1 aromatic heterocycles. The minimum absolute atomic E-state index is 0.0844. The third-order valence-corrected chi connectivity index (χ3v) is 7.06. The maximum atomic E-state index is 12.3. The number of ether oxygens (including phenoxy) is 1. The summed E-state index contributed by atoms with van der Waals surface area (Å²) in [7, 11) is 0. The van der Waals surface area contributed by atoms with E-state index < -0.39 is 0 Å². The zero-order chi connectivity index (χ0) is 26.0. The lowest BCUT2D eigenvalue weighted by Gasteiger charge is -2.13. The topological polar surface area (TPSA) is 56.1 Å². The van der Waals surface area contributed by atoms with Gasteiger partial charge < -0.3 is 14.6 Å². The van der Waals surface area contributed by atoms with Crippen molar-refractivity contribution in [3.8, 4) is 5.75 Å². The Bertz CT molecular complexity index is 1300. The second-order valence-electron chi connectivity index (χ2n) is 9.47. The average Bonchev–Trinajstić information content (AvgIpc) is 3.27. The zero-order valence-electron chi connectivity index (χ0n) is 21.8. The Labute approximate surface area is 224 Å². The number of fused-ring (bicyclic) bond motifs is 1. The molecule has 0 spiro atoms. The van der Waals surface area contributed by atoms with E-state index in [0.717, 1.165) is 61.3 Å². The van der Waals surface area contributed by atoms with E-state index in [1.807, 2.05) is 6.07 Å². The summed E-state index contributed by atoms with van der Waals surface area (Å²) in [5.41, 5.74) is 4.10. The monoisotopic (exact) mass is 517 g/mol. The van der Waals surface area contributed by atoms with E-state index in [4.69, 9.17) is 21.3 Å². The smallest absolute Gasteiger partial charge is 0.251 e. The first-order valence-corrected chi connectivity index (χ1v) is 13.6. The summed E-state index contributed by atoms with van der Waals surface area (Å²) >= 11 is 5.98. The van der Waals surface area contributed by atoms with E-state index in [1.54, 1.807) is 24.3 Å². The van der Waals surface area contributed by atoms with Crippen molar-refractivity contribution >= 4 is 28.5 Å². The van der Waals surface area contributed by atoms with Gasteiger partial charge in [-0.2, -0.15) is 0 Å². The Balaban J connectivity index is 1.26. The van der Waals surface area contributed by atoms with Crippen molar-refractivity contribution in [2.24, 2.45) is 0 Å². The average molecular weight is 518 g/mol. The quantitative estimate of drug-likeness (QED) is 0.188. The second kappa shape index (κ2) is 13.3. The largest absolute Gasteiger partial charge is 0.492 e. The highest BCUT2D eigenvalue weighted by molar-refractivity contribution is 6.30. The van der Waals surface area contributed by atoms with Crippen LogP contribution in [0.25, 0.3) is 11.0 Å². The van der Waals surface area contributed by atoms with Gasteiger partial charge in [0.05, 0.1) is 17.6 Å². The number of hydrogen-bond donors (Lipinski definition) is 1. The number of nitrogens with one attached hydrogen (secondary N) is 1. The van der Waals surface area contributed by atoms with Gasteiger partial charge in [-0.1, -0.05) is 62.2 Å². The van der Waals surface area contributed by atoms with Gasteiger partial charge in [-0.3, -0.25) is 4.79 Å². The molecule has 1 N–H and O–H groups in total. The van der Waals surface area contributed by atoms with E-state index in [2.05, 4.69) is 66.2 Å². The minimum Gasteiger partial charge on any atom is -0.492 e. The highest BCUT2D eigenvalue weighted by Gasteiger charge is 2.11. The maximum Gasteiger partial charge on any atom is 0.251 e. The predicted molar refractivity (Wildman–Crippen MR) is 152 cm³/mol. The fraction of sp³-hybridized carbons (Fsp3) is 0.355. The predicted octanol–water partition coefficient (Wildman–Crippen LogP) is 7.43. The van der Waals surface area contributed by atoms with Gasteiger partial charge in [0, 0.05) is 23.6 Å². The first-order chi connectivity index (χ1) is 18.0. The van der Waals surface area contributed by atoms with Gasteiger partial charge in [-0.15, -0.1) is 0 Å². The summed E-state index contributed by atoms with van der Waals surface area (Å²) in [6.07, 6.45) is 4.96. The van der Waals surface area contributed by atoms with Crippen molar-refractivity contribution < 1.29 is 9.53 Å². The summed E-state index contributed by atoms with van der Waals surface area (Å²) in [5.74, 6) is 2.46. The number of aryl methyl sites for hydroxylation is 1. The van der Waals surface area contributed by atoms with Gasteiger partial charge in [0.25, 0.3) is 5.91 Å². The molecule has 0 saturated heterocycles. The third-order valence-electron chi connectivity index (χ3n) is 6.83. The molecule has 3 aromatic carbocycles. The molecule has 1 unspecified atom stereocenters. The molecule has 0 fully saturated rings. The Morgan fingerprint density at radius 1 is 1.03 bits per heavy atom. The van der Waals surface area contributed by atoms with Crippen LogP contribution in [0, 0.1) is 0 Å². The van der Waals surface area contributed by atoms with Gasteiger partial charge in [0.1, 0.15) is 18.2 Å². The van der Waals surface area contributed by atoms with Crippen LogP contribution in [0.3, 0.4) is 0 Å². The molecule has 4 aromatic rings. The Hall–Kier alpha value is -3.31. The number of halogens is 1. The number of carbonyl (C=O) groups is 1. The van der Waals surface area contributed by atoms with Crippen molar-refractivity contribution in [2.75, 3.05) is 13.2 Å². The summed E-state index contributed by atoms with van der Waals surface area (Å²) in [6.45, 7) is 6.44. The lowest BCUT2D eigenvalue weighted by molar-refractivity contribution is 0.0953.